The van der Waals surface area contributed by atoms with E-state index < -0.39 is 0 Å². The molecule has 0 saturated heterocycles. The maximum Gasteiger partial charge on any atom is 0.122 e. The molecule has 0 aromatic heterocycles. The molecule has 0 bridgehead atoms. The molecule has 0 aliphatic heterocycles. The molecule has 0 radical (unpaired) electrons. The van der Waals surface area contributed by atoms with Crippen LogP contribution in [0, 0.1) is 5.92 Å². The Morgan fingerprint density at radius 2 is 2.12 bits per heavy atom. The summed E-state index contributed by atoms with van der Waals surface area (Å²) in [6.45, 7) is 3.47. The average Bonchev–Trinajstić information content (AvgIpc) is 1.65. The van der Waals surface area contributed by atoms with Gasteiger partial charge < -0.3 is 9.90 Å². The van der Waals surface area contributed by atoms with Gasteiger partial charge in [0.2, 0.25) is 0 Å². The van der Waals surface area contributed by atoms with Gasteiger partial charge in [-0.2, -0.15) is 0 Å². The summed E-state index contributed by atoms with van der Waals surface area (Å²) < 4.78 is 0. The van der Waals surface area contributed by atoms with Crippen LogP contribution in [0.1, 0.15) is 20.3 Å². The molecule has 48 valence electrons. The molecule has 0 heterocycles. The minimum atomic E-state index is -0.352. The summed E-state index contributed by atoms with van der Waals surface area (Å²) in [7, 11) is 0. The van der Waals surface area contributed by atoms with E-state index in [1.807, 2.05) is 0 Å². The van der Waals surface area contributed by atoms with Gasteiger partial charge >= 0.3 is 0 Å². The number of hydrogen-bond donors (Lipinski definition) is 1. The van der Waals surface area contributed by atoms with Crippen molar-refractivity contribution < 1.29 is 9.90 Å². The van der Waals surface area contributed by atoms with Gasteiger partial charge in [0.1, 0.15) is 6.29 Å². The van der Waals surface area contributed by atoms with E-state index in [1.54, 1.807) is 13.8 Å². The van der Waals surface area contributed by atoms with Crippen molar-refractivity contribution >= 4 is 6.29 Å². The van der Waals surface area contributed by atoms with Crippen LogP contribution in [-0.2, 0) is 4.79 Å². The van der Waals surface area contributed by atoms with Crippen molar-refractivity contribution in [1.29, 1.82) is 0 Å². The van der Waals surface area contributed by atoms with Crippen LogP contribution < -0.4 is 0 Å². The number of carbonyl (C=O) groups is 1. The van der Waals surface area contributed by atoms with E-state index in [4.69, 9.17) is 5.11 Å². The second-order valence-corrected chi connectivity index (χ2v) is 2.20. The molecule has 2 unspecified atom stereocenters. The summed E-state index contributed by atoms with van der Waals surface area (Å²) in [6.07, 6.45) is 1.08. The van der Waals surface area contributed by atoms with Gasteiger partial charge in [-0.25, -0.2) is 0 Å². The molecule has 0 aliphatic rings. The van der Waals surface area contributed by atoms with Gasteiger partial charge in [0.15, 0.2) is 0 Å². The summed E-state index contributed by atoms with van der Waals surface area (Å²) >= 11 is 0. The van der Waals surface area contributed by atoms with Gasteiger partial charge in [-0.3, -0.25) is 0 Å². The molecule has 2 nitrogen and oxygen atoms in total. The Labute approximate surface area is 49.5 Å². The minimum absolute atomic E-state index is 0.00463. The molecule has 0 saturated carbocycles. The van der Waals surface area contributed by atoms with Crippen LogP contribution in [0.3, 0.4) is 0 Å². The molecular formula is C6H12O2. The van der Waals surface area contributed by atoms with Crippen LogP contribution in [0.2, 0.25) is 0 Å². The predicted molar refractivity (Wildman–Crippen MR) is 31.5 cm³/mol. The zero-order chi connectivity index (χ0) is 6.57. The maximum absolute atomic E-state index is 9.93. The van der Waals surface area contributed by atoms with E-state index in [1.165, 1.54) is 0 Å². The zero-order valence-corrected chi connectivity index (χ0v) is 5.29. The Morgan fingerprint density at radius 3 is 2.25 bits per heavy atom. The third kappa shape index (κ3) is 3.81. The van der Waals surface area contributed by atoms with E-state index in [9.17, 15) is 4.79 Å². The van der Waals surface area contributed by atoms with Crippen molar-refractivity contribution in [1.82, 2.24) is 0 Å². The average molecular weight is 116 g/mol. The number of rotatable bonds is 3. The van der Waals surface area contributed by atoms with Crippen LogP contribution in [-0.4, -0.2) is 17.5 Å². The number of aliphatic hydroxyl groups is 1. The molecule has 0 aliphatic carbocycles. The predicted octanol–water partition coefficient (Wildman–Crippen LogP) is 0.592. The van der Waals surface area contributed by atoms with Crippen molar-refractivity contribution in [3.8, 4) is 0 Å². The Hall–Kier alpha value is -0.370. The largest absolute Gasteiger partial charge is 0.393 e. The lowest BCUT2D eigenvalue weighted by Crippen LogP contribution is -2.07. The van der Waals surface area contributed by atoms with Crippen LogP contribution in [0.15, 0.2) is 0 Å². The molecule has 0 amide bonds. The summed E-state index contributed by atoms with van der Waals surface area (Å²) in [5, 5.41) is 8.70. The third-order valence-corrected chi connectivity index (χ3v) is 0.945. The Balaban J connectivity index is 3.23. The van der Waals surface area contributed by atoms with E-state index in [0.29, 0.717) is 6.42 Å². The van der Waals surface area contributed by atoms with E-state index in [2.05, 4.69) is 0 Å². The minimum Gasteiger partial charge on any atom is -0.393 e. The number of carbonyl (C=O) groups excluding carboxylic acids is 1. The second kappa shape index (κ2) is 3.61. The SMILES string of the molecule is CC(O)CC(C)C=O. The molecule has 8 heavy (non-hydrogen) atoms. The van der Waals surface area contributed by atoms with E-state index in [-0.39, 0.29) is 12.0 Å². The second-order valence-electron chi connectivity index (χ2n) is 2.20. The van der Waals surface area contributed by atoms with Gasteiger partial charge in [-0.1, -0.05) is 6.92 Å². The van der Waals surface area contributed by atoms with Crippen LogP contribution in [0.5, 0.6) is 0 Å². The lowest BCUT2D eigenvalue weighted by molar-refractivity contribution is -0.111. The van der Waals surface area contributed by atoms with Crippen molar-refractivity contribution in [2.24, 2.45) is 5.92 Å². The lowest BCUT2D eigenvalue weighted by atomic mass is 10.1. The highest BCUT2D eigenvalue weighted by atomic mass is 16.3. The fraction of sp³-hybridized carbons (Fsp3) is 0.833. The Morgan fingerprint density at radius 1 is 1.62 bits per heavy atom. The lowest BCUT2D eigenvalue weighted by Gasteiger charge is -2.03. The van der Waals surface area contributed by atoms with Gasteiger partial charge in [-0.05, 0) is 13.3 Å². The summed E-state index contributed by atoms with van der Waals surface area (Å²) in [4.78, 5) is 9.93. The number of aldehydes is 1. The Bertz CT molecular complexity index is 68.9. The molecule has 0 spiro atoms. The number of aliphatic hydroxyl groups excluding tert-OH is 1. The molecule has 2 heteroatoms. The van der Waals surface area contributed by atoms with Crippen molar-refractivity contribution in [2.75, 3.05) is 0 Å². The topological polar surface area (TPSA) is 37.3 Å². The van der Waals surface area contributed by atoms with Crippen LogP contribution >= 0.6 is 0 Å². The quantitative estimate of drug-likeness (QED) is 0.548. The maximum atomic E-state index is 9.93. The van der Waals surface area contributed by atoms with Gasteiger partial charge in [0.05, 0.1) is 6.10 Å². The fourth-order valence-corrected chi connectivity index (χ4v) is 0.594. The fourth-order valence-electron chi connectivity index (χ4n) is 0.594. The van der Waals surface area contributed by atoms with Crippen molar-refractivity contribution in [2.45, 2.75) is 26.4 Å². The Kier molecular flexibility index (Phi) is 3.44. The van der Waals surface area contributed by atoms with Gasteiger partial charge in [-0.15, -0.1) is 0 Å². The first kappa shape index (κ1) is 7.63. The van der Waals surface area contributed by atoms with Crippen molar-refractivity contribution in [3.63, 3.8) is 0 Å². The molecular weight excluding hydrogens is 104 g/mol. The zero-order valence-electron chi connectivity index (χ0n) is 5.29. The number of hydrogen-bond acceptors (Lipinski definition) is 2. The highest BCUT2D eigenvalue weighted by molar-refractivity contribution is 5.52. The first-order chi connectivity index (χ1) is 3.66. The molecule has 0 fully saturated rings. The van der Waals surface area contributed by atoms with Crippen LogP contribution in [0.4, 0.5) is 0 Å². The molecule has 1 N–H and O–H groups in total. The smallest absolute Gasteiger partial charge is 0.122 e. The molecule has 0 rings (SSSR count). The highest BCUT2D eigenvalue weighted by Gasteiger charge is 2.02. The third-order valence-electron chi connectivity index (χ3n) is 0.945. The highest BCUT2D eigenvalue weighted by Crippen LogP contribution is 2.00. The summed E-state index contributed by atoms with van der Waals surface area (Å²) in [6, 6.07) is 0. The monoisotopic (exact) mass is 116 g/mol. The van der Waals surface area contributed by atoms with E-state index in [0.717, 1.165) is 6.29 Å². The first-order valence-electron chi connectivity index (χ1n) is 2.80. The van der Waals surface area contributed by atoms with E-state index >= 15 is 0 Å². The van der Waals surface area contributed by atoms with Gasteiger partial charge in [0.25, 0.3) is 0 Å². The summed E-state index contributed by atoms with van der Waals surface area (Å²) in [5.41, 5.74) is 0. The standard InChI is InChI=1S/C6H12O2/c1-5(4-7)3-6(2)8/h4-6,8H,3H2,1-2H3. The first-order valence-corrected chi connectivity index (χ1v) is 2.80. The summed E-state index contributed by atoms with van der Waals surface area (Å²) in [5.74, 6) is -0.00463. The molecule has 0 aromatic carbocycles. The molecule has 2 atom stereocenters. The normalized spacial score (nSPS) is 17.4. The molecule has 0 aromatic rings. The van der Waals surface area contributed by atoms with Crippen molar-refractivity contribution in [3.05, 3.63) is 0 Å². The van der Waals surface area contributed by atoms with Gasteiger partial charge in [0, 0.05) is 5.92 Å². The van der Waals surface area contributed by atoms with Crippen LogP contribution in [0.25, 0.3) is 0 Å².